The van der Waals surface area contributed by atoms with Gasteiger partial charge in [-0.25, -0.2) is 14.5 Å². The number of nitrogens with zero attached hydrogens (tertiary/aromatic N) is 4. The van der Waals surface area contributed by atoms with Crippen LogP contribution in [0.4, 0.5) is 10.5 Å². The molecule has 23 heavy (non-hydrogen) atoms. The van der Waals surface area contributed by atoms with Gasteiger partial charge in [0.2, 0.25) is 0 Å². The van der Waals surface area contributed by atoms with Gasteiger partial charge >= 0.3 is 6.03 Å². The Kier molecular flexibility index (Phi) is 3.73. The van der Waals surface area contributed by atoms with Crippen LogP contribution in [0.3, 0.4) is 0 Å². The Balaban J connectivity index is 1.46. The predicted octanol–water partition coefficient (Wildman–Crippen LogP) is 3.06. The standard InChI is InChI=1S/C17H21N5O/c23-17(21-10-4-6-13-5-3-7-15(13)21)20-14-11-19-22(12-14)16-8-1-2-9-18-16/h1-2,8-9,11-13,15H,3-7,10H2,(H,20,23)/t13-,15-/m0/s1. The molecule has 0 unspecified atom stereocenters. The van der Waals surface area contributed by atoms with Crippen LogP contribution in [0.15, 0.2) is 36.8 Å². The molecule has 1 aliphatic carbocycles. The summed E-state index contributed by atoms with van der Waals surface area (Å²) in [4.78, 5) is 18.9. The molecule has 3 heterocycles. The summed E-state index contributed by atoms with van der Waals surface area (Å²) in [5.41, 5.74) is 0.709. The van der Waals surface area contributed by atoms with Crippen LogP contribution in [-0.2, 0) is 0 Å². The molecule has 0 aromatic carbocycles. The van der Waals surface area contributed by atoms with E-state index in [0.29, 0.717) is 17.6 Å². The SMILES string of the molecule is O=C(Nc1cnn(-c2ccccn2)c1)N1CCC[C@@H]2CCC[C@@H]21. The summed E-state index contributed by atoms with van der Waals surface area (Å²) in [5, 5.41) is 7.26. The Morgan fingerprint density at radius 3 is 3.00 bits per heavy atom. The summed E-state index contributed by atoms with van der Waals surface area (Å²) in [6.07, 6.45) is 11.2. The van der Waals surface area contributed by atoms with Crippen molar-refractivity contribution in [3.63, 3.8) is 0 Å². The minimum Gasteiger partial charge on any atom is -0.321 e. The summed E-state index contributed by atoms with van der Waals surface area (Å²) in [5.74, 6) is 1.44. The predicted molar refractivity (Wildman–Crippen MR) is 87.4 cm³/mol. The van der Waals surface area contributed by atoms with Gasteiger partial charge in [0.15, 0.2) is 5.82 Å². The molecular weight excluding hydrogens is 290 g/mol. The molecule has 2 amide bonds. The lowest BCUT2D eigenvalue weighted by atomic mass is 9.92. The Hall–Kier alpha value is -2.37. The van der Waals surface area contributed by atoms with Gasteiger partial charge in [0.05, 0.1) is 18.1 Å². The number of anilines is 1. The summed E-state index contributed by atoms with van der Waals surface area (Å²) >= 11 is 0. The number of likely N-dealkylation sites (tertiary alicyclic amines) is 1. The molecule has 2 fully saturated rings. The average molecular weight is 311 g/mol. The lowest BCUT2D eigenvalue weighted by Crippen LogP contribution is -2.48. The fourth-order valence-electron chi connectivity index (χ4n) is 3.90. The summed E-state index contributed by atoms with van der Waals surface area (Å²) in [6, 6.07) is 6.09. The molecule has 1 saturated heterocycles. The zero-order valence-electron chi connectivity index (χ0n) is 13.1. The van der Waals surface area contributed by atoms with Crippen molar-refractivity contribution in [3.05, 3.63) is 36.8 Å². The molecule has 1 saturated carbocycles. The number of nitrogens with one attached hydrogen (secondary N) is 1. The average Bonchev–Trinajstić information content (AvgIpc) is 3.24. The van der Waals surface area contributed by atoms with Gasteiger partial charge in [0.1, 0.15) is 0 Å². The quantitative estimate of drug-likeness (QED) is 0.927. The smallest absolute Gasteiger partial charge is 0.321 e. The number of fused-ring (bicyclic) bond motifs is 1. The number of hydrogen-bond donors (Lipinski definition) is 1. The molecule has 2 aromatic rings. The summed E-state index contributed by atoms with van der Waals surface area (Å²) in [6.45, 7) is 0.862. The second kappa shape index (κ2) is 6.02. The van der Waals surface area contributed by atoms with Crippen molar-refractivity contribution >= 4 is 11.7 Å². The van der Waals surface area contributed by atoms with Gasteiger partial charge < -0.3 is 10.2 Å². The van der Waals surface area contributed by atoms with Gasteiger partial charge in [-0.15, -0.1) is 0 Å². The molecule has 2 aliphatic rings. The van der Waals surface area contributed by atoms with Crippen LogP contribution < -0.4 is 5.32 Å². The summed E-state index contributed by atoms with van der Waals surface area (Å²) in [7, 11) is 0. The first kappa shape index (κ1) is 14.2. The fraction of sp³-hybridized carbons (Fsp3) is 0.471. The molecule has 120 valence electrons. The number of carbonyl (C=O) groups is 1. The third-order valence-electron chi connectivity index (χ3n) is 4.97. The lowest BCUT2D eigenvalue weighted by molar-refractivity contribution is 0.138. The Labute approximate surface area is 135 Å². The topological polar surface area (TPSA) is 63.1 Å². The molecule has 0 spiro atoms. The van der Waals surface area contributed by atoms with E-state index in [4.69, 9.17) is 0 Å². The number of aromatic nitrogens is 3. The van der Waals surface area contributed by atoms with Crippen LogP contribution in [0.2, 0.25) is 0 Å². The fourth-order valence-corrected chi connectivity index (χ4v) is 3.90. The first-order valence-corrected chi connectivity index (χ1v) is 8.35. The van der Waals surface area contributed by atoms with Crippen molar-refractivity contribution in [3.8, 4) is 5.82 Å². The number of amides is 2. The first-order chi connectivity index (χ1) is 11.3. The van der Waals surface area contributed by atoms with Gasteiger partial charge in [0.25, 0.3) is 0 Å². The molecule has 6 nitrogen and oxygen atoms in total. The van der Waals surface area contributed by atoms with Crippen LogP contribution in [0, 0.1) is 5.92 Å². The highest BCUT2D eigenvalue weighted by Crippen LogP contribution is 2.36. The first-order valence-electron chi connectivity index (χ1n) is 8.35. The van der Waals surface area contributed by atoms with Gasteiger partial charge in [-0.1, -0.05) is 12.5 Å². The normalized spacial score (nSPS) is 23.6. The third kappa shape index (κ3) is 2.81. The number of piperidine rings is 1. The van der Waals surface area contributed by atoms with Crippen molar-refractivity contribution in [2.75, 3.05) is 11.9 Å². The van der Waals surface area contributed by atoms with Crippen LogP contribution in [-0.4, -0.2) is 38.3 Å². The van der Waals surface area contributed by atoms with E-state index in [1.54, 1.807) is 23.3 Å². The van der Waals surface area contributed by atoms with Crippen molar-refractivity contribution in [2.24, 2.45) is 5.92 Å². The Bertz CT molecular complexity index is 683. The second-order valence-corrected chi connectivity index (χ2v) is 6.39. The van der Waals surface area contributed by atoms with E-state index in [2.05, 4.69) is 15.4 Å². The van der Waals surface area contributed by atoms with E-state index in [1.165, 1.54) is 19.3 Å². The Morgan fingerprint density at radius 2 is 2.13 bits per heavy atom. The van der Waals surface area contributed by atoms with Gasteiger partial charge in [-0.05, 0) is 43.7 Å². The number of urea groups is 1. The van der Waals surface area contributed by atoms with E-state index in [9.17, 15) is 4.79 Å². The van der Waals surface area contributed by atoms with E-state index < -0.39 is 0 Å². The maximum atomic E-state index is 12.6. The molecule has 1 aliphatic heterocycles. The van der Waals surface area contributed by atoms with Gasteiger partial charge in [0, 0.05) is 18.8 Å². The minimum absolute atomic E-state index is 0.00201. The highest BCUT2D eigenvalue weighted by molar-refractivity contribution is 5.89. The Morgan fingerprint density at radius 1 is 1.22 bits per heavy atom. The van der Waals surface area contributed by atoms with Crippen molar-refractivity contribution in [1.29, 1.82) is 0 Å². The molecule has 0 radical (unpaired) electrons. The van der Waals surface area contributed by atoms with E-state index >= 15 is 0 Å². The number of rotatable bonds is 2. The molecule has 4 rings (SSSR count). The highest BCUT2D eigenvalue weighted by Gasteiger charge is 2.37. The van der Waals surface area contributed by atoms with Crippen molar-refractivity contribution in [2.45, 2.75) is 38.1 Å². The number of pyridine rings is 1. The minimum atomic E-state index is 0.00201. The molecule has 2 aromatic heterocycles. The number of carbonyl (C=O) groups excluding carboxylic acids is 1. The van der Waals surface area contributed by atoms with Crippen LogP contribution in [0.5, 0.6) is 0 Å². The van der Waals surface area contributed by atoms with Crippen molar-refractivity contribution < 1.29 is 4.79 Å². The van der Waals surface area contributed by atoms with Crippen LogP contribution in [0.1, 0.15) is 32.1 Å². The largest absolute Gasteiger partial charge is 0.322 e. The second-order valence-electron chi connectivity index (χ2n) is 6.39. The summed E-state index contributed by atoms with van der Waals surface area (Å²) < 4.78 is 1.67. The highest BCUT2D eigenvalue weighted by atomic mass is 16.2. The van der Waals surface area contributed by atoms with E-state index in [-0.39, 0.29) is 6.03 Å². The molecular formula is C17H21N5O. The van der Waals surface area contributed by atoms with E-state index in [0.717, 1.165) is 25.2 Å². The lowest BCUT2D eigenvalue weighted by Gasteiger charge is -2.37. The molecule has 1 N–H and O–H groups in total. The molecule has 6 heteroatoms. The molecule has 2 atom stereocenters. The zero-order valence-corrected chi connectivity index (χ0v) is 13.1. The maximum absolute atomic E-state index is 12.6. The maximum Gasteiger partial charge on any atom is 0.322 e. The zero-order chi connectivity index (χ0) is 15.6. The van der Waals surface area contributed by atoms with Gasteiger partial charge in [-0.2, -0.15) is 5.10 Å². The molecule has 0 bridgehead atoms. The van der Waals surface area contributed by atoms with E-state index in [1.807, 2.05) is 23.1 Å². The van der Waals surface area contributed by atoms with Crippen LogP contribution >= 0.6 is 0 Å². The van der Waals surface area contributed by atoms with Gasteiger partial charge in [-0.3, -0.25) is 0 Å². The van der Waals surface area contributed by atoms with Crippen LogP contribution in [0.25, 0.3) is 5.82 Å². The number of hydrogen-bond acceptors (Lipinski definition) is 3. The third-order valence-corrected chi connectivity index (χ3v) is 4.97. The monoisotopic (exact) mass is 311 g/mol. The van der Waals surface area contributed by atoms with Crippen molar-refractivity contribution in [1.82, 2.24) is 19.7 Å².